The smallest absolute Gasteiger partial charge is 0.117 e. The van der Waals surface area contributed by atoms with Gasteiger partial charge < -0.3 is 10.2 Å². The Morgan fingerprint density at radius 1 is 1.24 bits per heavy atom. The first-order valence-electron chi connectivity index (χ1n) is 7.83. The summed E-state index contributed by atoms with van der Waals surface area (Å²) in [4.78, 5) is 7.17. The number of imidazole rings is 1. The molecule has 0 unspecified atom stereocenters. The predicted molar refractivity (Wildman–Crippen MR) is 85.3 cm³/mol. The summed E-state index contributed by atoms with van der Waals surface area (Å²) in [6.45, 7) is 1.96. The molecule has 0 atom stereocenters. The normalized spacial score (nSPS) is 17.6. The van der Waals surface area contributed by atoms with Crippen LogP contribution in [0.1, 0.15) is 36.0 Å². The van der Waals surface area contributed by atoms with E-state index in [0.717, 1.165) is 19.5 Å². The average Bonchev–Trinajstić information content (AvgIpc) is 3.27. The number of rotatable bonds is 3. The van der Waals surface area contributed by atoms with Gasteiger partial charge in [-0.3, -0.25) is 4.57 Å². The number of para-hydroxylation sites is 2. The molecular weight excluding hydrogens is 260 g/mol. The zero-order valence-electron chi connectivity index (χ0n) is 12.8. The van der Waals surface area contributed by atoms with E-state index < -0.39 is 0 Å². The highest BCUT2D eigenvalue weighted by atomic mass is 15.2. The van der Waals surface area contributed by atoms with Crippen LogP contribution in [0.5, 0.6) is 0 Å². The molecule has 1 aromatic heterocycles. The third-order valence-electron chi connectivity index (χ3n) is 4.46. The lowest BCUT2D eigenvalue weighted by Crippen LogP contribution is -2.25. The Kier molecular flexibility index (Phi) is 3.00. The first-order valence-corrected chi connectivity index (χ1v) is 7.83. The molecule has 0 amide bonds. The topological polar surface area (TPSA) is 33.1 Å². The van der Waals surface area contributed by atoms with Crippen molar-refractivity contribution in [2.75, 3.05) is 25.5 Å². The Balaban J connectivity index is 1.93. The molecule has 4 rings (SSSR count). The number of anilines is 1. The van der Waals surface area contributed by atoms with Crippen molar-refractivity contribution in [3.05, 3.63) is 41.5 Å². The van der Waals surface area contributed by atoms with Gasteiger partial charge in [-0.25, -0.2) is 4.98 Å². The molecule has 0 bridgehead atoms. The highest BCUT2D eigenvalue weighted by Gasteiger charge is 2.32. The van der Waals surface area contributed by atoms with E-state index in [-0.39, 0.29) is 0 Å². The summed E-state index contributed by atoms with van der Waals surface area (Å²) >= 11 is 0. The van der Waals surface area contributed by atoms with Gasteiger partial charge >= 0.3 is 0 Å². The largest absolute Gasteiger partial charge is 0.376 e. The van der Waals surface area contributed by atoms with Crippen molar-refractivity contribution >= 4 is 5.69 Å². The minimum absolute atomic E-state index is 0.658. The lowest BCUT2D eigenvalue weighted by Gasteiger charge is -2.22. The Hall–Kier alpha value is -1.81. The van der Waals surface area contributed by atoms with Gasteiger partial charge in [0, 0.05) is 45.2 Å². The fourth-order valence-electron chi connectivity index (χ4n) is 3.25. The molecule has 0 saturated heterocycles. The molecule has 4 nitrogen and oxygen atoms in total. The second-order valence-corrected chi connectivity index (χ2v) is 6.28. The van der Waals surface area contributed by atoms with Gasteiger partial charge in [0.05, 0.1) is 17.1 Å². The van der Waals surface area contributed by atoms with Gasteiger partial charge in [-0.1, -0.05) is 12.1 Å². The van der Waals surface area contributed by atoms with Gasteiger partial charge in [-0.15, -0.1) is 0 Å². The Morgan fingerprint density at radius 2 is 2.05 bits per heavy atom. The fraction of sp³-hybridized carbons (Fsp3) is 0.471. The molecule has 2 aromatic rings. The van der Waals surface area contributed by atoms with E-state index in [4.69, 9.17) is 4.98 Å². The molecule has 110 valence electrons. The number of aromatic nitrogens is 2. The molecule has 4 heteroatoms. The summed E-state index contributed by atoms with van der Waals surface area (Å²) < 4.78 is 2.45. The van der Waals surface area contributed by atoms with E-state index in [2.05, 4.69) is 53.1 Å². The van der Waals surface area contributed by atoms with Crippen molar-refractivity contribution in [3.63, 3.8) is 0 Å². The third-order valence-corrected chi connectivity index (χ3v) is 4.46. The van der Waals surface area contributed by atoms with Crippen molar-refractivity contribution in [3.8, 4) is 5.69 Å². The molecule has 1 aliphatic heterocycles. The second-order valence-electron chi connectivity index (χ2n) is 6.28. The van der Waals surface area contributed by atoms with Gasteiger partial charge in [-0.2, -0.15) is 0 Å². The van der Waals surface area contributed by atoms with E-state index in [1.165, 1.54) is 41.4 Å². The van der Waals surface area contributed by atoms with E-state index >= 15 is 0 Å². The summed E-state index contributed by atoms with van der Waals surface area (Å²) in [5.74, 6) is 1.93. The van der Waals surface area contributed by atoms with Crippen LogP contribution in [-0.4, -0.2) is 30.2 Å². The van der Waals surface area contributed by atoms with E-state index in [1.807, 2.05) is 0 Å². The molecule has 1 saturated carbocycles. The van der Waals surface area contributed by atoms with Crippen molar-refractivity contribution < 1.29 is 0 Å². The van der Waals surface area contributed by atoms with Crippen molar-refractivity contribution in [1.29, 1.82) is 0 Å². The zero-order chi connectivity index (χ0) is 14.4. The van der Waals surface area contributed by atoms with Crippen LogP contribution in [0, 0.1) is 0 Å². The molecule has 1 N–H and O–H groups in total. The van der Waals surface area contributed by atoms with Crippen LogP contribution < -0.4 is 10.2 Å². The van der Waals surface area contributed by atoms with Gasteiger partial charge in [0.2, 0.25) is 0 Å². The lowest BCUT2D eigenvalue weighted by molar-refractivity contribution is 0.620. The van der Waals surface area contributed by atoms with Gasteiger partial charge in [0.25, 0.3) is 0 Å². The highest BCUT2D eigenvalue weighted by molar-refractivity contribution is 5.63. The number of hydrogen-bond donors (Lipinski definition) is 1. The van der Waals surface area contributed by atoms with Crippen molar-refractivity contribution in [2.45, 2.75) is 31.7 Å². The van der Waals surface area contributed by atoms with E-state index in [9.17, 15) is 0 Å². The molecule has 1 aliphatic carbocycles. The average molecular weight is 282 g/mol. The standard InChI is InChI=1S/C17H22N4/c1-20(2)15-5-3-4-6-16(15)21-14-9-10-18-11-13(14)19-17(21)12-7-8-12/h3-6,12,18H,7-11H2,1-2H3. The first-order chi connectivity index (χ1) is 10.3. The number of nitrogens with zero attached hydrogens (tertiary/aromatic N) is 3. The van der Waals surface area contributed by atoms with E-state index in [0.29, 0.717) is 5.92 Å². The number of nitrogens with one attached hydrogen (secondary N) is 1. The molecular formula is C17H22N4. The number of benzene rings is 1. The monoisotopic (exact) mass is 282 g/mol. The van der Waals surface area contributed by atoms with Crippen LogP contribution in [0.4, 0.5) is 5.69 Å². The van der Waals surface area contributed by atoms with Crippen LogP contribution in [-0.2, 0) is 13.0 Å². The molecule has 0 radical (unpaired) electrons. The van der Waals surface area contributed by atoms with Gasteiger partial charge in [-0.05, 0) is 25.0 Å². The summed E-state index contributed by atoms with van der Waals surface area (Å²) in [5.41, 5.74) is 5.19. The molecule has 1 fully saturated rings. The Morgan fingerprint density at radius 3 is 2.81 bits per heavy atom. The first kappa shape index (κ1) is 12.9. The summed E-state index contributed by atoms with van der Waals surface area (Å²) in [7, 11) is 4.22. The Labute approximate surface area is 125 Å². The maximum Gasteiger partial charge on any atom is 0.117 e. The van der Waals surface area contributed by atoms with E-state index in [1.54, 1.807) is 0 Å². The fourth-order valence-corrected chi connectivity index (χ4v) is 3.25. The second kappa shape index (κ2) is 4.88. The van der Waals surface area contributed by atoms with Gasteiger partial charge in [0.15, 0.2) is 0 Å². The van der Waals surface area contributed by atoms with Crippen molar-refractivity contribution in [1.82, 2.24) is 14.9 Å². The van der Waals surface area contributed by atoms with Crippen molar-refractivity contribution in [2.24, 2.45) is 0 Å². The molecule has 1 aromatic carbocycles. The van der Waals surface area contributed by atoms with Crippen LogP contribution in [0.15, 0.2) is 24.3 Å². The third kappa shape index (κ3) is 2.14. The molecule has 21 heavy (non-hydrogen) atoms. The molecule has 2 heterocycles. The van der Waals surface area contributed by atoms with Crippen LogP contribution in [0.2, 0.25) is 0 Å². The van der Waals surface area contributed by atoms with Gasteiger partial charge in [0.1, 0.15) is 5.82 Å². The summed E-state index contributed by atoms with van der Waals surface area (Å²) in [6.07, 6.45) is 3.64. The Bertz CT molecular complexity index is 667. The maximum absolute atomic E-state index is 4.97. The summed E-state index contributed by atoms with van der Waals surface area (Å²) in [6, 6.07) is 8.66. The molecule has 2 aliphatic rings. The molecule has 0 spiro atoms. The number of hydrogen-bond acceptors (Lipinski definition) is 3. The maximum atomic E-state index is 4.97. The van der Waals surface area contributed by atoms with Crippen LogP contribution in [0.3, 0.4) is 0 Å². The van der Waals surface area contributed by atoms with Crippen LogP contribution in [0.25, 0.3) is 5.69 Å². The predicted octanol–water partition coefficient (Wildman–Crippen LogP) is 2.46. The SMILES string of the molecule is CN(C)c1ccccc1-n1c(C2CC2)nc2c1CCNC2. The number of fused-ring (bicyclic) bond motifs is 1. The summed E-state index contributed by atoms with van der Waals surface area (Å²) in [5, 5.41) is 3.44. The minimum Gasteiger partial charge on any atom is -0.376 e. The zero-order valence-corrected chi connectivity index (χ0v) is 12.8. The quantitative estimate of drug-likeness (QED) is 0.939. The lowest BCUT2D eigenvalue weighted by atomic mass is 10.1. The highest BCUT2D eigenvalue weighted by Crippen LogP contribution is 2.42. The van der Waals surface area contributed by atoms with Crippen LogP contribution >= 0.6 is 0 Å². The minimum atomic E-state index is 0.658.